The number of nitrogens with zero attached hydrogens (tertiary/aromatic N) is 2. The molecule has 0 bridgehead atoms. The Morgan fingerprint density at radius 2 is 1.10 bits per heavy atom. The Morgan fingerprint density at radius 1 is 0.700 bits per heavy atom. The number of hydrogen-bond donors (Lipinski definition) is 0. The van der Waals surface area contributed by atoms with Gasteiger partial charge in [-0.2, -0.15) is 10.5 Å². The summed E-state index contributed by atoms with van der Waals surface area (Å²) in [6.45, 7) is 0. The molecule has 0 N–H and O–H groups in total. The molecule has 2 aromatic carbocycles. The molecule has 0 saturated heterocycles. The van der Waals surface area contributed by atoms with Gasteiger partial charge in [0.25, 0.3) is 0 Å². The van der Waals surface area contributed by atoms with E-state index in [1.54, 1.807) is 14.2 Å². The van der Waals surface area contributed by atoms with Crippen molar-refractivity contribution in [3.05, 3.63) is 70.8 Å². The van der Waals surface area contributed by atoms with Crippen LogP contribution in [0.4, 0.5) is 0 Å². The van der Waals surface area contributed by atoms with Gasteiger partial charge in [-0.1, -0.05) is 0 Å². The lowest BCUT2D eigenvalue weighted by Crippen LogP contribution is -1.84. The lowest BCUT2D eigenvalue weighted by Gasteiger charge is -2.03. The molecule has 0 spiro atoms. The highest BCUT2D eigenvalue weighted by Crippen LogP contribution is 2.42. The molecule has 3 aromatic rings. The van der Waals surface area contributed by atoms with Crippen molar-refractivity contribution in [1.29, 1.82) is 10.5 Å². The Balaban J connectivity index is 1.97. The summed E-state index contributed by atoms with van der Waals surface area (Å²) in [7, 11) is 3.23. The van der Waals surface area contributed by atoms with Gasteiger partial charge in [0.05, 0.1) is 26.4 Å². The van der Waals surface area contributed by atoms with Crippen LogP contribution in [-0.2, 0) is 0 Å². The van der Waals surface area contributed by atoms with E-state index >= 15 is 0 Å². The highest BCUT2D eigenvalue weighted by Gasteiger charge is 2.23. The first kappa shape index (κ1) is 19.1. The molecule has 1 aliphatic rings. The number of rotatable bonds is 4. The second-order valence-electron chi connectivity index (χ2n) is 6.78. The number of furan rings is 1. The van der Waals surface area contributed by atoms with Crippen LogP contribution < -0.4 is 9.47 Å². The van der Waals surface area contributed by atoms with E-state index in [2.05, 4.69) is 12.1 Å². The summed E-state index contributed by atoms with van der Waals surface area (Å²) >= 11 is 0. The Morgan fingerprint density at radius 3 is 1.43 bits per heavy atom. The van der Waals surface area contributed by atoms with Crippen LogP contribution in [0.2, 0.25) is 0 Å². The minimum absolute atomic E-state index is 0.297. The van der Waals surface area contributed by atoms with Crippen molar-refractivity contribution >= 4 is 12.2 Å². The van der Waals surface area contributed by atoms with Crippen LogP contribution in [0.5, 0.6) is 11.5 Å². The number of ether oxygens (including phenoxy) is 2. The highest BCUT2D eigenvalue weighted by molar-refractivity contribution is 5.89. The van der Waals surface area contributed by atoms with Gasteiger partial charge in [0, 0.05) is 39.8 Å². The average Bonchev–Trinajstić information content (AvgIpc) is 3.03. The minimum Gasteiger partial charge on any atom is -0.497 e. The van der Waals surface area contributed by atoms with E-state index in [0.717, 1.165) is 33.8 Å². The van der Waals surface area contributed by atoms with Crippen LogP contribution in [0, 0.1) is 22.7 Å². The van der Waals surface area contributed by atoms with E-state index in [0.29, 0.717) is 29.1 Å². The van der Waals surface area contributed by atoms with Gasteiger partial charge in [-0.15, -0.1) is 0 Å². The molecule has 1 aliphatic carbocycles. The molecule has 0 amide bonds. The molecule has 0 fully saturated rings. The third-order valence-corrected chi connectivity index (χ3v) is 4.99. The fourth-order valence-corrected chi connectivity index (χ4v) is 3.46. The normalized spacial score (nSPS) is 12.5. The summed E-state index contributed by atoms with van der Waals surface area (Å²) in [5.41, 5.74) is 4.31. The maximum absolute atomic E-state index is 9.55. The van der Waals surface area contributed by atoms with Crippen molar-refractivity contribution in [1.82, 2.24) is 0 Å². The summed E-state index contributed by atoms with van der Waals surface area (Å²) in [4.78, 5) is 0. The van der Waals surface area contributed by atoms with Gasteiger partial charge in [-0.25, -0.2) is 0 Å². The maximum atomic E-state index is 9.55. The molecular formula is C25H18N2O3. The second kappa shape index (κ2) is 8.03. The summed E-state index contributed by atoms with van der Waals surface area (Å²) < 4.78 is 16.8. The van der Waals surface area contributed by atoms with Crippen molar-refractivity contribution in [2.24, 2.45) is 0 Å². The standard InChI is InChI=1S/C25H18N2O3/c1-28-20-7-3-18(4-8-20)24-22-12-16(14-26)11-17(15-27)13-23(22)25(30-24)19-5-9-21(29-2)10-6-19/h3-10,12-13H,11H2,1-2H3. The third-order valence-electron chi connectivity index (χ3n) is 4.99. The van der Waals surface area contributed by atoms with Crippen molar-refractivity contribution in [2.75, 3.05) is 14.2 Å². The lowest BCUT2D eigenvalue weighted by atomic mass is 10.0. The molecule has 0 atom stereocenters. The van der Waals surface area contributed by atoms with Crippen LogP contribution >= 0.6 is 0 Å². The number of nitriles is 2. The van der Waals surface area contributed by atoms with E-state index in [1.807, 2.05) is 60.7 Å². The first-order valence-electron chi connectivity index (χ1n) is 9.33. The molecular weight excluding hydrogens is 376 g/mol. The lowest BCUT2D eigenvalue weighted by molar-refractivity contribution is 0.415. The van der Waals surface area contributed by atoms with Gasteiger partial charge in [-0.05, 0) is 60.7 Å². The van der Waals surface area contributed by atoms with Gasteiger partial charge in [-0.3, -0.25) is 0 Å². The summed E-state index contributed by atoms with van der Waals surface area (Å²) in [5, 5.41) is 19.1. The second-order valence-corrected chi connectivity index (χ2v) is 6.78. The molecule has 5 heteroatoms. The van der Waals surface area contributed by atoms with E-state index in [1.165, 1.54) is 0 Å². The zero-order valence-electron chi connectivity index (χ0n) is 16.6. The van der Waals surface area contributed by atoms with Crippen LogP contribution in [-0.4, -0.2) is 14.2 Å². The summed E-state index contributed by atoms with van der Waals surface area (Å²) in [6.07, 6.45) is 3.92. The van der Waals surface area contributed by atoms with Crippen LogP contribution in [0.25, 0.3) is 34.8 Å². The van der Waals surface area contributed by atoms with Gasteiger partial charge in [0.15, 0.2) is 0 Å². The predicted octanol–water partition coefficient (Wildman–Crippen LogP) is 5.85. The van der Waals surface area contributed by atoms with E-state index in [4.69, 9.17) is 13.9 Å². The van der Waals surface area contributed by atoms with Crippen molar-refractivity contribution < 1.29 is 13.9 Å². The fourth-order valence-electron chi connectivity index (χ4n) is 3.46. The monoisotopic (exact) mass is 394 g/mol. The summed E-state index contributed by atoms with van der Waals surface area (Å²) in [6, 6.07) is 19.5. The molecule has 4 rings (SSSR count). The molecule has 0 radical (unpaired) electrons. The van der Waals surface area contributed by atoms with Gasteiger partial charge in [0.2, 0.25) is 0 Å². The summed E-state index contributed by atoms with van der Waals surface area (Å²) in [5.74, 6) is 2.77. The smallest absolute Gasteiger partial charge is 0.142 e. The van der Waals surface area contributed by atoms with Crippen LogP contribution in [0.3, 0.4) is 0 Å². The largest absolute Gasteiger partial charge is 0.497 e. The van der Waals surface area contributed by atoms with Gasteiger partial charge < -0.3 is 13.9 Å². The van der Waals surface area contributed by atoms with Gasteiger partial charge in [0.1, 0.15) is 23.0 Å². The maximum Gasteiger partial charge on any atom is 0.142 e. The Kier molecular flexibility index (Phi) is 5.11. The van der Waals surface area contributed by atoms with Crippen molar-refractivity contribution in [3.8, 4) is 46.3 Å². The number of allylic oxidation sites excluding steroid dienone is 2. The Bertz CT molecular complexity index is 1140. The molecule has 1 aromatic heterocycles. The predicted molar refractivity (Wildman–Crippen MR) is 114 cm³/mol. The molecule has 0 unspecified atom stereocenters. The Labute approximate surface area is 174 Å². The van der Waals surface area contributed by atoms with Crippen LogP contribution in [0.1, 0.15) is 17.5 Å². The van der Waals surface area contributed by atoms with Gasteiger partial charge >= 0.3 is 0 Å². The molecule has 5 nitrogen and oxygen atoms in total. The van der Waals surface area contributed by atoms with E-state index < -0.39 is 0 Å². The molecule has 0 saturated carbocycles. The molecule has 30 heavy (non-hydrogen) atoms. The van der Waals surface area contributed by atoms with Crippen molar-refractivity contribution in [3.63, 3.8) is 0 Å². The number of benzene rings is 2. The number of hydrogen-bond acceptors (Lipinski definition) is 5. The highest BCUT2D eigenvalue weighted by atomic mass is 16.5. The van der Waals surface area contributed by atoms with E-state index in [-0.39, 0.29) is 0 Å². The first-order chi connectivity index (χ1) is 14.7. The topological polar surface area (TPSA) is 79.2 Å². The zero-order chi connectivity index (χ0) is 21.1. The number of methoxy groups -OCH3 is 2. The molecule has 1 heterocycles. The zero-order valence-corrected chi connectivity index (χ0v) is 16.6. The number of fused-ring (bicyclic) bond motifs is 1. The SMILES string of the molecule is COc1ccc(-c2oc(-c3ccc(OC)cc3)c3c2C=C(C#N)CC(C#N)=C3)cc1. The van der Waals surface area contributed by atoms with Crippen LogP contribution in [0.15, 0.2) is 64.1 Å². The van der Waals surface area contributed by atoms with Crippen molar-refractivity contribution in [2.45, 2.75) is 6.42 Å². The Hall–Kier alpha value is -4.22. The molecule has 146 valence electrons. The third kappa shape index (κ3) is 3.45. The fraction of sp³-hybridized carbons (Fsp3) is 0.120. The van der Waals surface area contributed by atoms with E-state index in [9.17, 15) is 10.5 Å². The quantitative estimate of drug-likeness (QED) is 0.555. The average molecular weight is 394 g/mol. The molecule has 0 aliphatic heterocycles. The minimum atomic E-state index is 0.297. The first-order valence-corrected chi connectivity index (χ1v) is 9.33.